The summed E-state index contributed by atoms with van der Waals surface area (Å²) in [5, 5.41) is 0. The van der Waals surface area contributed by atoms with Crippen molar-refractivity contribution in [3.8, 4) is 11.5 Å². The molecule has 0 atom stereocenters. The van der Waals surface area contributed by atoms with Crippen molar-refractivity contribution in [1.82, 2.24) is 9.80 Å². The van der Waals surface area contributed by atoms with Gasteiger partial charge in [-0.25, -0.2) is 0 Å². The Morgan fingerprint density at radius 2 is 1.71 bits per heavy atom. The molecule has 3 heterocycles. The molecule has 0 unspecified atom stereocenters. The van der Waals surface area contributed by atoms with E-state index >= 15 is 0 Å². The summed E-state index contributed by atoms with van der Waals surface area (Å²) in [7, 11) is 0. The predicted octanol–water partition coefficient (Wildman–Crippen LogP) is 2.11. The third-order valence-corrected chi connectivity index (χ3v) is 6.15. The summed E-state index contributed by atoms with van der Waals surface area (Å²) in [6.07, 6.45) is 2.58. The van der Waals surface area contributed by atoms with E-state index in [9.17, 15) is 4.79 Å². The second-order valence-electron chi connectivity index (χ2n) is 6.53. The Balaban J connectivity index is 1.37. The lowest BCUT2D eigenvalue weighted by Gasteiger charge is -2.40. The SMILES string of the molecule is O=C(c1ccc2c(c1)OCCO2)N1CCN(C2CCSCC2)CC1. The quantitative estimate of drug-likeness (QED) is 0.819. The van der Waals surface area contributed by atoms with E-state index in [1.165, 1.54) is 24.3 Å². The van der Waals surface area contributed by atoms with E-state index in [2.05, 4.69) is 16.7 Å². The molecule has 2 fully saturated rings. The van der Waals surface area contributed by atoms with Crippen LogP contribution in [0.2, 0.25) is 0 Å². The van der Waals surface area contributed by atoms with Crippen LogP contribution < -0.4 is 9.47 Å². The maximum atomic E-state index is 12.8. The van der Waals surface area contributed by atoms with Crippen molar-refractivity contribution in [2.75, 3.05) is 50.9 Å². The number of ether oxygens (including phenoxy) is 2. The van der Waals surface area contributed by atoms with Gasteiger partial charge in [0.1, 0.15) is 13.2 Å². The number of hydrogen-bond acceptors (Lipinski definition) is 5. The van der Waals surface area contributed by atoms with Crippen LogP contribution in [0.1, 0.15) is 23.2 Å². The van der Waals surface area contributed by atoms with Crippen molar-refractivity contribution >= 4 is 17.7 Å². The van der Waals surface area contributed by atoms with E-state index in [0.717, 1.165) is 38.0 Å². The molecular weight excluding hydrogens is 324 g/mol. The molecule has 0 N–H and O–H groups in total. The second kappa shape index (κ2) is 7.23. The summed E-state index contributed by atoms with van der Waals surface area (Å²) < 4.78 is 11.1. The van der Waals surface area contributed by atoms with Gasteiger partial charge in [-0.05, 0) is 42.5 Å². The van der Waals surface area contributed by atoms with Gasteiger partial charge < -0.3 is 14.4 Å². The third kappa shape index (κ3) is 3.35. The molecule has 1 aromatic rings. The van der Waals surface area contributed by atoms with Crippen molar-refractivity contribution < 1.29 is 14.3 Å². The number of nitrogens with zero attached hydrogens (tertiary/aromatic N) is 2. The molecule has 5 nitrogen and oxygen atoms in total. The molecule has 2 saturated heterocycles. The normalized spacial score (nSPS) is 22.4. The number of benzene rings is 1. The first-order valence-electron chi connectivity index (χ1n) is 8.82. The molecule has 3 aliphatic heterocycles. The van der Waals surface area contributed by atoms with Crippen LogP contribution in [0.25, 0.3) is 0 Å². The topological polar surface area (TPSA) is 42.0 Å². The van der Waals surface area contributed by atoms with Gasteiger partial charge in [0.2, 0.25) is 0 Å². The fourth-order valence-corrected chi connectivity index (χ4v) is 4.78. The minimum Gasteiger partial charge on any atom is -0.486 e. The van der Waals surface area contributed by atoms with Crippen molar-refractivity contribution in [2.24, 2.45) is 0 Å². The Morgan fingerprint density at radius 1 is 1.00 bits per heavy atom. The molecule has 6 heteroatoms. The highest BCUT2D eigenvalue weighted by molar-refractivity contribution is 7.99. The molecule has 0 aliphatic carbocycles. The van der Waals surface area contributed by atoms with Crippen LogP contribution in [0, 0.1) is 0 Å². The maximum Gasteiger partial charge on any atom is 0.254 e. The summed E-state index contributed by atoms with van der Waals surface area (Å²) >= 11 is 2.06. The van der Waals surface area contributed by atoms with Gasteiger partial charge in [0.15, 0.2) is 11.5 Å². The van der Waals surface area contributed by atoms with Crippen molar-refractivity contribution in [2.45, 2.75) is 18.9 Å². The summed E-state index contributed by atoms with van der Waals surface area (Å²) in [5.74, 6) is 4.08. The highest BCUT2D eigenvalue weighted by Crippen LogP contribution is 2.31. The van der Waals surface area contributed by atoms with E-state index in [0.29, 0.717) is 24.5 Å². The lowest BCUT2D eigenvalue weighted by molar-refractivity contribution is 0.0558. The van der Waals surface area contributed by atoms with E-state index in [1.807, 2.05) is 23.1 Å². The van der Waals surface area contributed by atoms with E-state index in [-0.39, 0.29) is 5.91 Å². The first-order chi connectivity index (χ1) is 11.8. The van der Waals surface area contributed by atoms with E-state index < -0.39 is 0 Å². The minimum atomic E-state index is 0.103. The molecule has 0 radical (unpaired) electrons. The van der Waals surface area contributed by atoms with Crippen LogP contribution in [-0.2, 0) is 0 Å². The number of thioether (sulfide) groups is 1. The Hall–Kier alpha value is -1.40. The zero-order chi connectivity index (χ0) is 16.4. The molecule has 24 heavy (non-hydrogen) atoms. The highest BCUT2D eigenvalue weighted by atomic mass is 32.2. The second-order valence-corrected chi connectivity index (χ2v) is 7.75. The number of carbonyl (C=O) groups excluding carboxylic acids is 1. The number of fused-ring (bicyclic) bond motifs is 1. The Labute approximate surface area is 147 Å². The Bertz CT molecular complexity index is 596. The third-order valence-electron chi connectivity index (χ3n) is 5.10. The number of carbonyl (C=O) groups is 1. The minimum absolute atomic E-state index is 0.103. The van der Waals surface area contributed by atoms with Crippen LogP contribution in [0.4, 0.5) is 0 Å². The molecule has 0 aromatic heterocycles. The largest absolute Gasteiger partial charge is 0.486 e. The molecular formula is C18H24N2O3S. The number of piperazine rings is 1. The van der Waals surface area contributed by atoms with E-state index in [4.69, 9.17) is 9.47 Å². The lowest BCUT2D eigenvalue weighted by atomic mass is 10.1. The fourth-order valence-electron chi connectivity index (χ4n) is 3.70. The molecule has 130 valence electrons. The van der Waals surface area contributed by atoms with Crippen LogP contribution in [0.3, 0.4) is 0 Å². The first kappa shape index (κ1) is 16.1. The number of rotatable bonds is 2. The van der Waals surface area contributed by atoms with Crippen molar-refractivity contribution in [3.05, 3.63) is 23.8 Å². The summed E-state index contributed by atoms with van der Waals surface area (Å²) in [6, 6.07) is 6.23. The van der Waals surface area contributed by atoms with Crippen LogP contribution >= 0.6 is 11.8 Å². The Morgan fingerprint density at radius 3 is 2.46 bits per heavy atom. The average molecular weight is 348 g/mol. The summed E-state index contributed by atoms with van der Waals surface area (Å²) in [6.45, 7) is 4.73. The van der Waals surface area contributed by atoms with Gasteiger partial charge in [0, 0.05) is 37.8 Å². The van der Waals surface area contributed by atoms with Crippen LogP contribution in [-0.4, -0.2) is 72.6 Å². The number of hydrogen-bond donors (Lipinski definition) is 0. The summed E-state index contributed by atoms with van der Waals surface area (Å²) in [5.41, 5.74) is 0.696. The van der Waals surface area contributed by atoms with Crippen molar-refractivity contribution in [1.29, 1.82) is 0 Å². The van der Waals surface area contributed by atoms with Gasteiger partial charge in [-0.15, -0.1) is 0 Å². The van der Waals surface area contributed by atoms with Crippen LogP contribution in [0.5, 0.6) is 11.5 Å². The fraction of sp³-hybridized carbons (Fsp3) is 0.611. The monoisotopic (exact) mass is 348 g/mol. The average Bonchev–Trinajstić information content (AvgIpc) is 2.68. The van der Waals surface area contributed by atoms with Gasteiger partial charge in [-0.3, -0.25) is 9.69 Å². The van der Waals surface area contributed by atoms with Gasteiger partial charge >= 0.3 is 0 Å². The molecule has 0 saturated carbocycles. The standard InChI is InChI=1S/C18H24N2O3S/c21-18(14-1-2-16-17(13-14)23-10-9-22-16)20-7-5-19(6-8-20)15-3-11-24-12-4-15/h1-2,13,15H,3-12H2. The van der Waals surface area contributed by atoms with E-state index in [1.54, 1.807) is 0 Å². The highest BCUT2D eigenvalue weighted by Gasteiger charge is 2.28. The molecule has 4 rings (SSSR count). The lowest BCUT2D eigenvalue weighted by Crippen LogP contribution is -2.52. The Kier molecular flexibility index (Phi) is 4.85. The molecule has 0 bridgehead atoms. The van der Waals surface area contributed by atoms with Gasteiger partial charge in [-0.1, -0.05) is 0 Å². The van der Waals surface area contributed by atoms with Crippen molar-refractivity contribution in [3.63, 3.8) is 0 Å². The molecule has 0 spiro atoms. The first-order valence-corrected chi connectivity index (χ1v) is 9.97. The van der Waals surface area contributed by atoms with Crippen LogP contribution in [0.15, 0.2) is 18.2 Å². The molecule has 1 amide bonds. The smallest absolute Gasteiger partial charge is 0.254 e. The maximum absolute atomic E-state index is 12.8. The number of amides is 1. The van der Waals surface area contributed by atoms with Gasteiger partial charge in [-0.2, -0.15) is 11.8 Å². The zero-order valence-corrected chi connectivity index (χ0v) is 14.7. The molecule has 1 aromatic carbocycles. The molecule has 3 aliphatic rings. The predicted molar refractivity (Wildman–Crippen MR) is 95.3 cm³/mol. The summed E-state index contributed by atoms with van der Waals surface area (Å²) in [4.78, 5) is 17.3. The van der Waals surface area contributed by atoms with Gasteiger partial charge in [0.05, 0.1) is 0 Å². The zero-order valence-electron chi connectivity index (χ0n) is 13.9. The van der Waals surface area contributed by atoms with Gasteiger partial charge in [0.25, 0.3) is 5.91 Å².